The molecule has 2 atom stereocenters. The van der Waals surface area contributed by atoms with Crippen LogP contribution in [0.2, 0.25) is 15.9 Å². The molecular formula is C41H40HfSi. The molecule has 0 heterocycles. The Kier molecular flexibility index (Phi) is 7.06. The molecule has 5 aromatic rings. The average Bonchev–Trinajstić information content (AvgIpc) is 3.67. The van der Waals surface area contributed by atoms with Crippen LogP contribution in [0.5, 0.6) is 0 Å². The Balaban J connectivity index is 1.47. The molecule has 0 fully saturated rings. The van der Waals surface area contributed by atoms with Gasteiger partial charge in [0.15, 0.2) is 0 Å². The summed E-state index contributed by atoms with van der Waals surface area (Å²) in [7, 11) is 0. The van der Waals surface area contributed by atoms with Crippen LogP contribution in [0.3, 0.4) is 0 Å². The van der Waals surface area contributed by atoms with Gasteiger partial charge >= 0.3 is 260 Å². The predicted octanol–water partition coefficient (Wildman–Crippen LogP) is 10.8. The first-order valence-corrected chi connectivity index (χ1v) is 34.3. The normalized spacial score (nSPS) is 17.2. The van der Waals surface area contributed by atoms with E-state index in [1.54, 1.807) is 16.3 Å². The third-order valence-electron chi connectivity index (χ3n) is 10.8. The van der Waals surface area contributed by atoms with E-state index < -0.39 is 22.6 Å². The number of allylic oxidation sites excluding steroid dienone is 2. The summed E-state index contributed by atoms with van der Waals surface area (Å²) in [5, 5.41) is 1.58. The second-order valence-electron chi connectivity index (χ2n) is 13.6. The molecular weight excluding hydrogens is 699 g/mol. The molecule has 0 bridgehead atoms. The van der Waals surface area contributed by atoms with Gasteiger partial charge in [0.1, 0.15) is 0 Å². The summed E-state index contributed by atoms with van der Waals surface area (Å²) in [6.45, 7) is 7.05. The first-order chi connectivity index (χ1) is 20.7. The molecule has 2 heteroatoms. The molecule has 0 nitrogen and oxygen atoms in total. The van der Waals surface area contributed by atoms with E-state index in [0.717, 1.165) is 0 Å². The van der Waals surface area contributed by atoms with E-state index in [1.807, 2.05) is 0 Å². The van der Waals surface area contributed by atoms with Gasteiger partial charge in [0.2, 0.25) is 0 Å². The number of benzene rings is 5. The van der Waals surface area contributed by atoms with Gasteiger partial charge in [0.05, 0.1) is 0 Å². The molecule has 0 aromatic heterocycles. The summed E-state index contributed by atoms with van der Waals surface area (Å²) in [6, 6.07) is 43.7. The van der Waals surface area contributed by atoms with E-state index in [4.69, 9.17) is 0 Å². The first kappa shape index (κ1) is 28.4. The van der Waals surface area contributed by atoms with Crippen molar-refractivity contribution >= 4 is 22.8 Å². The van der Waals surface area contributed by atoms with Gasteiger partial charge in [-0.05, 0) is 0 Å². The predicted molar refractivity (Wildman–Crippen MR) is 186 cm³/mol. The number of rotatable bonds is 5. The standard InChI is InChI=1S/2C16H13.C7H8Si.2CH3.Hf/c2*1-12-5-2-8-14(11-12)16-10-4-7-13-6-3-9-15(13)16;1-8-7-5-3-2-4-6-7;;;/h2*2-11H,1H3;2-6H,1H3;2*1H3;. The molecule has 0 N–H and O–H groups in total. The van der Waals surface area contributed by atoms with Gasteiger partial charge in [-0.1, -0.05) is 0 Å². The third kappa shape index (κ3) is 4.57. The molecule has 0 aliphatic heterocycles. The zero-order valence-electron chi connectivity index (χ0n) is 25.9. The van der Waals surface area contributed by atoms with Crippen LogP contribution in [0.25, 0.3) is 34.4 Å². The Morgan fingerprint density at radius 3 is 1.47 bits per heavy atom. The van der Waals surface area contributed by atoms with E-state index in [1.165, 1.54) is 44.5 Å². The second kappa shape index (κ2) is 10.7. The monoisotopic (exact) mass is 740 g/mol. The van der Waals surface area contributed by atoms with Crippen LogP contribution >= 0.6 is 0 Å². The Labute approximate surface area is 258 Å². The van der Waals surface area contributed by atoms with E-state index in [9.17, 15) is 0 Å². The molecule has 2 aliphatic rings. The number of fused-ring (bicyclic) bond motifs is 2. The fourth-order valence-corrected chi connectivity index (χ4v) is 51.5. The molecule has 43 heavy (non-hydrogen) atoms. The second-order valence-corrected chi connectivity index (χ2v) is 59.7. The minimum absolute atomic E-state index is 0.485. The van der Waals surface area contributed by atoms with Gasteiger partial charge in [0.25, 0.3) is 0 Å². The van der Waals surface area contributed by atoms with E-state index >= 15 is 0 Å². The van der Waals surface area contributed by atoms with Gasteiger partial charge in [-0.2, -0.15) is 0 Å². The zero-order chi connectivity index (χ0) is 29.8. The molecule has 7 rings (SSSR count). The van der Waals surface area contributed by atoms with Crippen molar-refractivity contribution in [2.75, 3.05) is 0 Å². The van der Waals surface area contributed by atoms with E-state index in [2.05, 4.69) is 169 Å². The Hall–Kier alpha value is -3.33. The van der Waals surface area contributed by atoms with Crippen molar-refractivity contribution in [3.8, 4) is 22.3 Å². The van der Waals surface area contributed by atoms with Crippen LogP contribution in [-0.2, 0) is 17.1 Å². The molecule has 0 saturated heterocycles. The van der Waals surface area contributed by atoms with Gasteiger partial charge in [-0.3, -0.25) is 0 Å². The zero-order valence-corrected chi connectivity index (χ0v) is 30.5. The number of hydrogen-bond acceptors (Lipinski definition) is 0. The molecule has 0 spiro atoms. The Morgan fingerprint density at radius 1 is 0.535 bits per heavy atom. The van der Waals surface area contributed by atoms with Crippen LogP contribution in [0.1, 0.15) is 40.7 Å². The molecule has 0 saturated carbocycles. The maximum absolute atomic E-state index is 4.02. The number of aryl methyl sites for hydroxylation is 2. The van der Waals surface area contributed by atoms with Crippen molar-refractivity contribution in [2.24, 2.45) is 0 Å². The first-order valence-electron chi connectivity index (χ1n) is 15.6. The van der Waals surface area contributed by atoms with Gasteiger partial charge in [0, 0.05) is 0 Å². The molecule has 5 aromatic carbocycles. The fourth-order valence-electron chi connectivity index (χ4n) is 8.15. The quantitative estimate of drug-likeness (QED) is 0.158. The number of hydrogen-bond donors (Lipinski definition) is 0. The van der Waals surface area contributed by atoms with Crippen molar-refractivity contribution in [3.63, 3.8) is 0 Å². The van der Waals surface area contributed by atoms with Crippen molar-refractivity contribution in [2.45, 2.75) is 37.1 Å². The third-order valence-corrected chi connectivity index (χ3v) is 65.5. The van der Waals surface area contributed by atoms with Crippen LogP contribution in [0, 0.1) is 13.8 Å². The fraction of sp³-hybridized carbons (Fsp3) is 0.171. The average molecular weight is 739 g/mol. The van der Waals surface area contributed by atoms with Crippen molar-refractivity contribution in [1.29, 1.82) is 0 Å². The van der Waals surface area contributed by atoms with Gasteiger partial charge < -0.3 is 0 Å². The summed E-state index contributed by atoms with van der Waals surface area (Å²) in [6.07, 6.45) is 10.2. The van der Waals surface area contributed by atoms with Gasteiger partial charge in [-0.25, -0.2) is 0 Å². The topological polar surface area (TPSA) is 0 Å². The summed E-state index contributed by atoms with van der Waals surface area (Å²) in [5.74, 6) is 0. The van der Waals surface area contributed by atoms with E-state index in [0.29, 0.717) is 7.35 Å². The SMILES string of the molecule is Cc1cccc(-c2cccc3c2C=C[CH]3[Hf]([CH3])([CH3])([CH]2C=Cc3c(-c4cccc(C)c4)cccc32)=[Si](C)c2ccccc2)c1. The maximum atomic E-state index is 2.82. The minimum atomic E-state index is -4.02. The van der Waals surface area contributed by atoms with Crippen molar-refractivity contribution in [3.05, 3.63) is 161 Å². The Bertz CT molecular complexity index is 1900. The summed E-state index contributed by atoms with van der Waals surface area (Å²) in [5.41, 5.74) is 13.1. The molecule has 0 radical (unpaired) electrons. The summed E-state index contributed by atoms with van der Waals surface area (Å²) >= 11 is -4.02. The van der Waals surface area contributed by atoms with Crippen LogP contribution < -0.4 is 5.19 Å². The Morgan fingerprint density at radius 2 is 1.00 bits per heavy atom. The van der Waals surface area contributed by atoms with Crippen LogP contribution in [0.15, 0.2) is 127 Å². The molecule has 2 unspecified atom stereocenters. The van der Waals surface area contributed by atoms with Crippen LogP contribution in [0.4, 0.5) is 0 Å². The van der Waals surface area contributed by atoms with Crippen molar-refractivity contribution < 1.29 is 17.1 Å². The van der Waals surface area contributed by atoms with Gasteiger partial charge in [-0.15, -0.1) is 0 Å². The van der Waals surface area contributed by atoms with Crippen molar-refractivity contribution in [1.82, 2.24) is 0 Å². The molecule has 212 valence electrons. The van der Waals surface area contributed by atoms with Crippen LogP contribution in [-0.4, -0.2) is 5.49 Å². The molecule has 0 amide bonds. The van der Waals surface area contributed by atoms with E-state index in [-0.39, 0.29) is 0 Å². The summed E-state index contributed by atoms with van der Waals surface area (Å²) in [4.78, 5) is 0. The molecule has 2 aliphatic carbocycles. The summed E-state index contributed by atoms with van der Waals surface area (Å²) < 4.78 is 6.62.